The number of imide groups is 1. The molecule has 2 aliphatic rings. The van der Waals surface area contributed by atoms with Crippen molar-refractivity contribution in [3.63, 3.8) is 0 Å². The SMILES string of the molecule is Cc1c(Oc2cccc(/C=C3/SC(=O)NC3=O)c2)ncnc1OC1CCN(S(=O)(=O)C(C)C)CC1. The summed E-state index contributed by atoms with van der Waals surface area (Å²) in [7, 11) is -3.27. The van der Waals surface area contributed by atoms with Gasteiger partial charge in [0, 0.05) is 13.1 Å². The number of aromatic nitrogens is 2. The van der Waals surface area contributed by atoms with Crippen molar-refractivity contribution in [3.8, 4) is 17.5 Å². The number of hydrogen-bond acceptors (Lipinski definition) is 9. The highest BCUT2D eigenvalue weighted by molar-refractivity contribution is 8.18. The maximum atomic E-state index is 12.4. The molecule has 0 aliphatic carbocycles. The maximum Gasteiger partial charge on any atom is 0.290 e. The van der Waals surface area contributed by atoms with E-state index in [1.807, 2.05) is 0 Å². The summed E-state index contributed by atoms with van der Waals surface area (Å²) in [6.07, 6.45) is 3.94. The van der Waals surface area contributed by atoms with E-state index in [0.29, 0.717) is 59.5 Å². The number of nitrogens with one attached hydrogen (secondary N) is 1. The second-order valence-electron chi connectivity index (χ2n) is 8.45. The molecule has 12 heteroatoms. The highest BCUT2D eigenvalue weighted by Crippen LogP contribution is 2.31. The number of carbonyl (C=O) groups excluding carboxylic acids is 2. The van der Waals surface area contributed by atoms with Crippen molar-refractivity contribution < 1.29 is 27.5 Å². The van der Waals surface area contributed by atoms with Crippen molar-refractivity contribution in [2.75, 3.05) is 13.1 Å². The summed E-state index contributed by atoms with van der Waals surface area (Å²) in [6, 6.07) is 7.05. The zero-order valence-electron chi connectivity index (χ0n) is 19.6. The first-order valence-electron chi connectivity index (χ1n) is 11.1. The van der Waals surface area contributed by atoms with E-state index in [-0.39, 0.29) is 6.10 Å². The molecule has 2 saturated heterocycles. The van der Waals surface area contributed by atoms with Gasteiger partial charge in [-0.2, -0.15) is 0 Å². The van der Waals surface area contributed by atoms with Gasteiger partial charge in [-0.1, -0.05) is 12.1 Å². The monoisotopic (exact) mass is 518 g/mol. The molecule has 0 unspecified atom stereocenters. The van der Waals surface area contributed by atoms with E-state index in [4.69, 9.17) is 9.47 Å². The molecule has 1 N–H and O–H groups in total. The Bertz CT molecular complexity index is 1270. The average molecular weight is 519 g/mol. The first-order chi connectivity index (χ1) is 16.6. The molecule has 2 fully saturated rings. The number of amides is 2. The fourth-order valence-corrected chi connectivity index (χ4v) is 5.65. The summed E-state index contributed by atoms with van der Waals surface area (Å²) in [5.74, 6) is 0.778. The summed E-state index contributed by atoms with van der Waals surface area (Å²) in [5.41, 5.74) is 1.31. The minimum atomic E-state index is -3.27. The van der Waals surface area contributed by atoms with Gasteiger partial charge in [0.15, 0.2) is 0 Å². The average Bonchev–Trinajstić information content (AvgIpc) is 3.13. The molecule has 10 nitrogen and oxygen atoms in total. The molecule has 1 aromatic carbocycles. The topological polar surface area (TPSA) is 128 Å². The van der Waals surface area contributed by atoms with Crippen molar-refractivity contribution in [2.24, 2.45) is 0 Å². The Morgan fingerprint density at radius 3 is 2.54 bits per heavy atom. The molecule has 3 heterocycles. The zero-order valence-corrected chi connectivity index (χ0v) is 21.2. The number of benzene rings is 1. The molecule has 1 aromatic heterocycles. The normalized spacial score (nSPS) is 18.8. The molecule has 2 aromatic rings. The first kappa shape index (κ1) is 25.1. The van der Waals surface area contributed by atoms with Gasteiger partial charge < -0.3 is 9.47 Å². The van der Waals surface area contributed by atoms with Crippen molar-refractivity contribution in [1.29, 1.82) is 0 Å². The molecule has 35 heavy (non-hydrogen) atoms. The second-order valence-corrected chi connectivity index (χ2v) is 11.9. The lowest BCUT2D eigenvalue weighted by Gasteiger charge is -2.32. The Labute approximate surface area is 208 Å². The Kier molecular flexibility index (Phi) is 7.43. The number of ether oxygens (including phenoxy) is 2. The number of sulfonamides is 1. The van der Waals surface area contributed by atoms with Crippen molar-refractivity contribution in [1.82, 2.24) is 19.6 Å². The van der Waals surface area contributed by atoms with Crippen molar-refractivity contribution in [3.05, 3.63) is 46.6 Å². The molecule has 0 radical (unpaired) electrons. The largest absolute Gasteiger partial charge is 0.474 e. The van der Waals surface area contributed by atoms with Crippen LogP contribution >= 0.6 is 11.8 Å². The molecule has 0 atom stereocenters. The van der Waals surface area contributed by atoms with Crippen LogP contribution in [0.5, 0.6) is 17.5 Å². The highest BCUT2D eigenvalue weighted by atomic mass is 32.2. The quantitative estimate of drug-likeness (QED) is 0.548. The van der Waals surface area contributed by atoms with Crippen molar-refractivity contribution in [2.45, 2.75) is 45.0 Å². The summed E-state index contributed by atoms with van der Waals surface area (Å²) in [5, 5.41) is 1.38. The number of thioether (sulfide) groups is 1. The number of carbonyl (C=O) groups is 2. The van der Waals surface area contributed by atoms with E-state index in [9.17, 15) is 18.0 Å². The van der Waals surface area contributed by atoms with Gasteiger partial charge in [-0.05, 0) is 69.1 Å². The molecule has 0 spiro atoms. The van der Waals surface area contributed by atoms with Crippen LogP contribution in [0.2, 0.25) is 0 Å². The number of nitrogens with zero attached hydrogens (tertiary/aromatic N) is 3. The van der Waals surface area contributed by atoms with Gasteiger partial charge in [-0.15, -0.1) is 0 Å². The van der Waals surface area contributed by atoms with Crippen LogP contribution in [0.4, 0.5) is 4.79 Å². The van der Waals surface area contributed by atoms with E-state index in [1.54, 1.807) is 51.1 Å². The van der Waals surface area contributed by atoms with E-state index >= 15 is 0 Å². The third-order valence-electron chi connectivity index (χ3n) is 5.64. The van der Waals surface area contributed by atoms with Crippen molar-refractivity contribution >= 4 is 39.0 Å². The lowest BCUT2D eigenvalue weighted by Crippen LogP contribution is -2.44. The maximum absolute atomic E-state index is 12.4. The van der Waals surface area contributed by atoms with E-state index in [1.165, 1.54) is 10.6 Å². The predicted octanol–water partition coefficient (Wildman–Crippen LogP) is 3.48. The van der Waals surface area contributed by atoms with Crippen LogP contribution in [0.25, 0.3) is 6.08 Å². The van der Waals surface area contributed by atoms with Crippen LogP contribution in [-0.2, 0) is 14.8 Å². The smallest absolute Gasteiger partial charge is 0.290 e. The summed E-state index contributed by atoms with van der Waals surface area (Å²) >= 11 is 0.849. The number of hydrogen-bond donors (Lipinski definition) is 1. The summed E-state index contributed by atoms with van der Waals surface area (Å²) in [4.78, 5) is 31.9. The van der Waals surface area contributed by atoms with Gasteiger partial charge in [-0.3, -0.25) is 14.9 Å². The lowest BCUT2D eigenvalue weighted by molar-refractivity contribution is -0.115. The van der Waals surface area contributed by atoms with E-state index in [0.717, 1.165) is 11.8 Å². The van der Waals surface area contributed by atoms with Gasteiger partial charge in [-0.25, -0.2) is 22.7 Å². The standard InChI is InChI=1S/C23H26N4O6S2/c1-14(2)35(30,31)27-9-7-17(8-10-27)32-21-15(3)22(25-13-24-21)33-18-6-4-5-16(11-18)12-19-20(28)26-23(29)34-19/h4-6,11-14,17H,7-10H2,1-3H3,(H,26,28,29)/b19-12+. The molecular weight excluding hydrogens is 492 g/mol. The Balaban J connectivity index is 1.43. The fraction of sp³-hybridized carbons (Fsp3) is 0.391. The summed E-state index contributed by atoms with van der Waals surface area (Å²) in [6.45, 7) is 5.97. The third kappa shape index (κ3) is 5.82. The van der Waals surface area contributed by atoms with Crippen LogP contribution in [0, 0.1) is 6.92 Å². The van der Waals surface area contributed by atoms with Crippen LogP contribution in [-0.4, -0.2) is 58.3 Å². The number of rotatable bonds is 7. The molecule has 4 rings (SSSR count). The van der Waals surface area contributed by atoms with Gasteiger partial charge in [0.1, 0.15) is 18.2 Å². The number of piperidine rings is 1. The lowest BCUT2D eigenvalue weighted by atomic mass is 10.1. The third-order valence-corrected chi connectivity index (χ3v) is 8.73. The van der Waals surface area contributed by atoms with Crippen LogP contribution < -0.4 is 14.8 Å². The molecular formula is C23H26N4O6S2. The molecule has 0 saturated carbocycles. The Morgan fingerprint density at radius 2 is 1.89 bits per heavy atom. The highest BCUT2D eigenvalue weighted by Gasteiger charge is 2.31. The van der Waals surface area contributed by atoms with Crippen LogP contribution in [0.1, 0.15) is 37.8 Å². The fourth-order valence-electron chi connectivity index (χ4n) is 3.65. The van der Waals surface area contributed by atoms with Gasteiger partial charge in [0.25, 0.3) is 11.1 Å². The van der Waals surface area contributed by atoms with Gasteiger partial charge in [0.05, 0.1) is 15.7 Å². The summed E-state index contributed by atoms with van der Waals surface area (Å²) < 4.78 is 38.3. The van der Waals surface area contributed by atoms with E-state index < -0.39 is 26.4 Å². The predicted molar refractivity (Wildman–Crippen MR) is 132 cm³/mol. The molecule has 186 valence electrons. The second kappa shape index (κ2) is 10.3. The Morgan fingerprint density at radius 1 is 1.17 bits per heavy atom. The minimum absolute atomic E-state index is 0.164. The zero-order chi connectivity index (χ0) is 25.2. The molecule has 2 amide bonds. The van der Waals surface area contributed by atoms with Crippen LogP contribution in [0.15, 0.2) is 35.5 Å². The Hall–Kier alpha value is -2.96. The first-order valence-corrected chi connectivity index (χ1v) is 13.5. The molecule has 2 aliphatic heterocycles. The molecule has 0 bridgehead atoms. The van der Waals surface area contributed by atoms with E-state index in [2.05, 4.69) is 15.3 Å². The minimum Gasteiger partial charge on any atom is -0.474 e. The van der Waals surface area contributed by atoms with Gasteiger partial charge >= 0.3 is 0 Å². The van der Waals surface area contributed by atoms with Gasteiger partial charge in [0.2, 0.25) is 21.8 Å². The van der Waals surface area contributed by atoms with Crippen LogP contribution in [0.3, 0.4) is 0 Å².